The van der Waals surface area contributed by atoms with Crippen molar-refractivity contribution in [2.24, 2.45) is 0 Å². The maximum Gasteiger partial charge on any atom is 0.573 e. The number of halogens is 6. The fourth-order valence-corrected chi connectivity index (χ4v) is 4.88. The van der Waals surface area contributed by atoms with Gasteiger partial charge in [-0.1, -0.05) is 0 Å². The maximum atomic E-state index is 12.8. The third-order valence-corrected chi connectivity index (χ3v) is 6.96. The van der Waals surface area contributed by atoms with E-state index in [-0.39, 0.29) is 11.9 Å². The van der Waals surface area contributed by atoms with Crippen LogP contribution in [0.4, 0.5) is 43.5 Å². The molecule has 2 aliphatic rings. The van der Waals surface area contributed by atoms with Crippen LogP contribution < -0.4 is 24.2 Å². The van der Waals surface area contributed by atoms with Gasteiger partial charge < -0.3 is 24.2 Å². The van der Waals surface area contributed by atoms with Gasteiger partial charge in [0.05, 0.1) is 5.56 Å². The third kappa shape index (κ3) is 6.99. The molecular weight excluding hydrogens is 540 g/mol. The minimum absolute atomic E-state index is 0.0663. The van der Waals surface area contributed by atoms with Gasteiger partial charge in [0.25, 0.3) is 0 Å². The number of hydrogen-bond acceptors (Lipinski definition) is 7. The lowest BCUT2D eigenvalue weighted by Gasteiger charge is -2.37. The molecule has 3 aromatic rings. The highest BCUT2D eigenvalue weighted by Gasteiger charge is 2.32. The van der Waals surface area contributed by atoms with Crippen LogP contribution in [0.15, 0.2) is 60.9 Å². The molecule has 2 fully saturated rings. The lowest BCUT2D eigenvalue weighted by molar-refractivity contribution is -0.274. The average molecular weight is 568 g/mol. The molecule has 40 heavy (non-hydrogen) atoms. The summed E-state index contributed by atoms with van der Waals surface area (Å²) in [4.78, 5) is 14.8. The van der Waals surface area contributed by atoms with Crippen LogP contribution in [0.5, 0.6) is 11.6 Å². The Labute approximate surface area is 226 Å². The van der Waals surface area contributed by atoms with E-state index >= 15 is 0 Å². The molecule has 0 atom stereocenters. The summed E-state index contributed by atoms with van der Waals surface area (Å²) >= 11 is 0. The number of piperidine rings is 1. The fraction of sp³-hybridized carbons (Fsp3) is 0.407. The summed E-state index contributed by atoms with van der Waals surface area (Å²) in [6.07, 6.45) is -6.26. The first-order valence-corrected chi connectivity index (χ1v) is 12.8. The first kappa shape index (κ1) is 27.7. The van der Waals surface area contributed by atoms with Crippen LogP contribution in [-0.4, -0.2) is 61.7 Å². The predicted molar refractivity (Wildman–Crippen MR) is 137 cm³/mol. The SMILES string of the molecule is FC(F)(F)Oc1ccc(N2CCC(Oc3cc(N4CCN(c5ccc(C(F)(F)F)cc5)CC4)ncn3)CC2)cc1. The Morgan fingerprint density at radius 2 is 1.23 bits per heavy atom. The van der Waals surface area contributed by atoms with E-state index in [2.05, 4.69) is 24.5 Å². The molecule has 0 spiro atoms. The number of aromatic nitrogens is 2. The highest BCUT2D eigenvalue weighted by atomic mass is 19.4. The van der Waals surface area contributed by atoms with Crippen molar-refractivity contribution in [1.82, 2.24) is 9.97 Å². The van der Waals surface area contributed by atoms with Gasteiger partial charge >= 0.3 is 12.5 Å². The van der Waals surface area contributed by atoms with Crippen LogP contribution in [0.2, 0.25) is 0 Å². The van der Waals surface area contributed by atoms with Crippen molar-refractivity contribution in [3.63, 3.8) is 0 Å². The molecule has 1 aromatic heterocycles. The molecule has 2 aromatic carbocycles. The molecule has 0 saturated carbocycles. The molecule has 0 N–H and O–H groups in total. The largest absolute Gasteiger partial charge is 0.573 e. The molecule has 0 unspecified atom stereocenters. The van der Waals surface area contributed by atoms with Gasteiger partial charge in [-0.25, -0.2) is 9.97 Å². The van der Waals surface area contributed by atoms with Crippen LogP contribution >= 0.6 is 0 Å². The second-order valence-corrected chi connectivity index (χ2v) is 9.58. The summed E-state index contributed by atoms with van der Waals surface area (Å²) in [5.41, 5.74) is 0.895. The minimum Gasteiger partial charge on any atom is -0.474 e. The highest BCUT2D eigenvalue weighted by Crippen LogP contribution is 2.31. The number of nitrogens with zero attached hydrogens (tertiary/aromatic N) is 5. The lowest BCUT2D eigenvalue weighted by atomic mass is 10.1. The van der Waals surface area contributed by atoms with E-state index in [9.17, 15) is 26.3 Å². The van der Waals surface area contributed by atoms with Crippen molar-refractivity contribution in [1.29, 1.82) is 0 Å². The average Bonchev–Trinajstić information content (AvgIpc) is 2.93. The van der Waals surface area contributed by atoms with Gasteiger partial charge in [-0.05, 0) is 48.5 Å². The van der Waals surface area contributed by atoms with Gasteiger partial charge in [-0.15, -0.1) is 13.2 Å². The van der Waals surface area contributed by atoms with Crippen molar-refractivity contribution in [3.05, 3.63) is 66.5 Å². The zero-order chi connectivity index (χ0) is 28.3. The van der Waals surface area contributed by atoms with Crippen LogP contribution in [0.1, 0.15) is 18.4 Å². The summed E-state index contributed by atoms with van der Waals surface area (Å²) < 4.78 is 85.7. The third-order valence-electron chi connectivity index (χ3n) is 6.96. The van der Waals surface area contributed by atoms with Gasteiger partial charge in [0.2, 0.25) is 5.88 Å². The van der Waals surface area contributed by atoms with Crippen molar-refractivity contribution in [2.75, 3.05) is 54.0 Å². The molecule has 0 amide bonds. The summed E-state index contributed by atoms with van der Waals surface area (Å²) in [6.45, 7) is 3.90. The zero-order valence-electron chi connectivity index (χ0n) is 21.3. The van der Waals surface area contributed by atoms with E-state index in [4.69, 9.17) is 4.74 Å². The highest BCUT2D eigenvalue weighted by molar-refractivity contribution is 5.51. The second-order valence-electron chi connectivity index (χ2n) is 9.58. The van der Waals surface area contributed by atoms with Gasteiger partial charge in [-0.3, -0.25) is 0 Å². The van der Waals surface area contributed by atoms with E-state index in [1.54, 1.807) is 18.2 Å². The number of hydrogen-bond donors (Lipinski definition) is 0. The fourth-order valence-electron chi connectivity index (χ4n) is 4.88. The van der Waals surface area contributed by atoms with E-state index in [0.717, 1.165) is 29.3 Å². The van der Waals surface area contributed by atoms with Crippen molar-refractivity contribution in [2.45, 2.75) is 31.5 Å². The van der Waals surface area contributed by atoms with Crippen LogP contribution in [0, 0.1) is 0 Å². The number of anilines is 3. The van der Waals surface area contributed by atoms with E-state index in [1.165, 1.54) is 30.6 Å². The Bertz CT molecular complexity index is 1250. The van der Waals surface area contributed by atoms with Crippen LogP contribution in [0.3, 0.4) is 0 Å². The first-order chi connectivity index (χ1) is 19.0. The molecule has 13 heteroatoms. The monoisotopic (exact) mass is 567 g/mol. The van der Waals surface area contributed by atoms with Crippen molar-refractivity contribution < 1.29 is 35.8 Å². The van der Waals surface area contributed by atoms with Gasteiger partial charge in [0.15, 0.2) is 0 Å². The predicted octanol–water partition coefficient (Wildman–Crippen LogP) is 5.77. The molecule has 3 heterocycles. The van der Waals surface area contributed by atoms with Crippen LogP contribution in [0.25, 0.3) is 0 Å². The zero-order valence-corrected chi connectivity index (χ0v) is 21.3. The molecule has 5 rings (SSSR count). The summed E-state index contributed by atoms with van der Waals surface area (Å²) in [6, 6.07) is 12.8. The van der Waals surface area contributed by atoms with E-state index in [0.29, 0.717) is 58.0 Å². The Morgan fingerprint density at radius 1 is 0.675 bits per heavy atom. The van der Waals surface area contributed by atoms with Gasteiger partial charge in [0, 0.05) is 69.6 Å². The number of rotatable bonds is 6. The Morgan fingerprint density at radius 3 is 1.80 bits per heavy atom. The number of benzene rings is 2. The van der Waals surface area contributed by atoms with Crippen molar-refractivity contribution >= 4 is 17.2 Å². The normalized spacial score (nSPS) is 17.2. The standard InChI is InChI=1S/C27H27F6N5O2/c28-26(29,30)19-1-3-20(4-2-19)37-13-15-38(16-14-37)24-17-25(35-18-34-24)39-22-9-11-36(12-10-22)21-5-7-23(8-6-21)40-27(31,32)33/h1-8,17-18,22H,9-16H2. The van der Waals surface area contributed by atoms with E-state index < -0.39 is 18.1 Å². The van der Waals surface area contributed by atoms with E-state index in [1.807, 2.05) is 4.90 Å². The molecule has 7 nitrogen and oxygen atoms in total. The Balaban J connectivity index is 1.11. The Kier molecular flexibility index (Phi) is 7.81. The van der Waals surface area contributed by atoms with Crippen LogP contribution in [-0.2, 0) is 6.18 Å². The molecule has 2 aliphatic heterocycles. The number of alkyl halides is 6. The number of piperazine rings is 1. The van der Waals surface area contributed by atoms with Gasteiger partial charge in [0.1, 0.15) is 24.0 Å². The molecule has 0 bridgehead atoms. The lowest BCUT2D eigenvalue weighted by Crippen LogP contribution is -2.46. The second kappa shape index (κ2) is 11.3. The molecule has 0 aliphatic carbocycles. The Hall–Kier alpha value is -3.90. The quantitative estimate of drug-likeness (QED) is 0.351. The summed E-state index contributed by atoms with van der Waals surface area (Å²) in [5.74, 6) is 0.924. The van der Waals surface area contributed by atoms with Crippen molar-refractivity contribution in [3.8, 4) is 11.6 Å². The molecule has 214 valence electrons. The molecular formula is C27H27F6N5O2. The van der Waals surface area contributed by atoms with Gasteiger partial charge in [-0.2, -0.15) is 13.2 Å². The maximum absolute atomic E-state index is 12.8. The number of ether oxygens (including phenoxy) is 2. The summed E-state index contributed by atoms with van der Waals surface area (Å²) in [7, 11) is 0. The minimum atomic E-state index is -4.72. The topological polar surface area (TPSA) is 54.0 Å². The molecule has 2 saturated heterocycles. The first-order valence-electron chi connectivity index (χ1n) is 12.8. The smallest absolute Gasteiger partial charge is 0.474 e. The summed E-state index contributed by atoms with van der Waals surface area (Å²) in [5, 5.41) is 0. The molecule has 0 radical (unpaired) electrons.